The predicted molar refractivity (Wildman–Crippen MR) is 120 cm³/mol. The fourth-order valence-electron chi connectivity index (χ4n) is 4.12. The van der Waals surface area contributed by atoms with E-state index in [0.717, 1.165) is 49.9 Å². The lowest BCUT2D eigenvalue weighted by Gasteiger charge is -2.38. The van der Waals surface area contributed by atoms with Crippen LogP contribution in [-0.4, -0.2) is 38.7 Å². The molecule has 1 heterocycles. The van der Waals surface area contributed by atoms with E-state index >= 15 is 0 Å². The van der Waals surface area contributed by atoms with Crippen molar-refractivity contribution >= 4 is 15.7 Å². The van der Waals surface area contributed by atoms with Crippen molar-refractivity contribution in [1.29, 1.82) is 0 Å². The highest BCUT2D eigenvalue weighted by Crippen LogP contribution is 2.27. The molecule has 0 amide bonds. The van der Waals surface area contributed by atoms with Crippen molar-refractivity contribution in [3.63, 3.8) is 0 Å². The number of nitrogens with zero attached hydrogens (tertiary/aromatic N) is 1. The second-order valence-electron chi connectivity index (χ2n) is 8.62. The number of rotatable bonds is 9. The minimum Gasteiger partial charge on any atom is -0.311 e. The number of nitrogens with one attached hydrogen (secondary N) is 2. The zero-order valence-corrected chi connectivity index (χ0v) is 18.8. The molecule has 2 N–H and O–H groups in total. The first-order chi connectivity index (χ1) is 14.2. The standard InChI is InChI=1S/C23H32FN3O2S/c1-17(2)11-23-14-20-13-21(24)8-7-19(20)16-27(23)10-9-25-15-18-5-4-6-22(12-18)26-30(3,28)29/h4-8,12-13,17,23,25-26H,9-11,14-16H2,1-3H3. The summed E-state index contributed by atoms with van der Waals surface area (Å²) in [6.45, 7) is 7.72. The van der Waals surface area contributed by atoms with E-state index < -0.39 is 10.0 Å². The van der Waals surface area contributed by atoms with Crippen molar-refractivity contribution in [2.45, 2.75) is 45.8 Å². The molecule has 164 valence electrons. The van der Waals surface area contributed by atoms with Gasteiger partial charge in [0.05, 0.1) is 6.26 Å². The second kappa shape index (κ2) is 9.90. The maximum absolute atomic E-state index is 13.6. The molecule has 0 saturated carbocycles. The normalized spacial score (nSPS) is 17.2. The number of fused-ring (bicyclic) bond motifs is 1. The molecule has 0 bridgehead atoms. The van der Waals surface area contributed by atoms with E-state index in [-0.39, 0.29) is 5.82 Å². The van der Waals surface area contributed by atoms with Gasteiger partial charge in [-0.15, -0.1) is 0 Å². The number of anilines is 1. The molecule has 7 heteroatoms. The number of halogens is 1. The minimum absolute atomic E-state index is 0.153. The van der Waals surface area contributed by atoms with Gasteiger partial charge in [-0.1, -0.05) is 32.0 Å². The first kappa shape index (κ1) is 22.7. The number of hydrogen-bond donors (Lipinski definition) is 2. The van der Waals surface area contributed by atoms with Gasteiger partial charge in [0.2, 0.25) is 10.0 Å². The molecule has 0 aromatic heterocycles. The molecule has 5 nitrogen and oxygen atoms in total. The Morgan fingerprint density at radius 3 is 2.70 bits per heavy atom. The molecule has 1 aliphatic heterocycles. The zero-order chi connectivity index (χ0) is 21.7. The molecular formula is C23H32FN3O2S. The Balaban J connectivity index is 1.56. The summed E-state index contributed by atoms with van der Waals surface area (Å²) < 4.78 is 39.0. The Morgan fingerprint density at radius 1 is 1.17 bits per heavy atom. The summed E-state index contributed by atoms with van der Waals surface area (Å²) in [7, 11) is -3.28. The lowest BCUT2D eigenvalue weighted by molar-refractivity contribution is 0.151. The molecular weight excluding hydrogens is 401 g/mol. The molecule has 0 fully saturated rings. The highest BCUT2D eigenvalue weighted by molar-refractivity contribution is 7.92. The number of sulfonamides is 1. The number of benzene rings is 2. The van der Waals surface area contributed by atoms with Crippen LogP contribution in [0.15, 0.2) is 42.5 Å². The van der Waals surface area contributed by atoms with E-state index in [0.29, 0.717) is 24.2 Å². The fraction of sp³-hybridized carbons (Fsp3) is 0.478. The van der Waals surface area contributed by atoms with Crippen LogP contribution in [0.3, 0.4) is 0 Å². The zero-order valence-electron chi connectivity index (χ0n) is 18.0. The van der Waals surface area contributed by atoms with Gasteiger partial charge in [0.25, 0.3) is 0 Å². The molecule has 0 saturated heterocycles. The van der Waals surface area contributed by atoms with Crippen LogP contribution < -0.4 is 10.0 Å². The minimum atomic E-state index is -3.28. The van der Waals surface area contributed by atoms with Gasteiger partial charge in [-0.05, 0) is 59.7 Å². The lowest BCUT2D eigenvalue weighted by Crippen LogP contribution is -2.44. The highest BCUT2D eigenvalue weighted by atomic mass is 32.2. The Hall–Kier alpha value is -1.96. The average Bonchev–Trinajstić information content (AvgIpc) is 2.64. The van der Waals surface area contributed by atoms with E-state index in [1.807, 2.05) is 24.3 Å². The van der Waals surface area contributed by atoms with Crippen molar-refractivity contribution in [3.05, 3.63) is 65.0 Å². The van der Waals surface area contributed by atoms with Crippen LogP contribution in [-0.2, 0) is 29.5 Å². The Morgan fingerprint density at radius 2 is 1.97 bits per heavy atom. The van der Waals surface area contributed by atoms with Crippen LogP contribution in [0.5, 0.6) is 0 Å². The Bertz CT molecular complexity index is 963. The fourth-order valence-corrected chi connectivity index (χ4v) is 4.68. The molecule has 2 aromatic rings. The molecule has 30 heavy (non-hydrogen) atoms. The second-order valence-corrected chi connectivity index (χ2v) is 10.4. The third kappa shape index (κ3) is 6.79. The lowest BCUT2D eigenvalue weighted by atomic mass is 9.89. The Kier molecular flexibility index (Phi) is 7.50. The smallest absolute Gasteiger partial charge is 0.229 e. The maximum Gasteiger partial charge on any atom is 0.229 e. The van der Waals surface area contributed by atoms with Gasteiger partial charge in [-0.25, -0.2) is 12.8 Å². The molecule has 3 rings (SSSR count). The third-order valence-electron chi connectivity index (χ3n) is 5.39. The summed E-state index contributed by atoms with van der Waals surface area (Å²) in [5.74, 6) is 0.436. The van der Waals surface area contributed by atoms with Crippen LogP contribution in [0.2, 0.25) is 0 Å². The van der Waals surface area contributed by atoms with Crippen LogP contribution in [0.1, 0.15) is 37.0 Å². The van der Waals surface area contributed by atoms with Crippen LogP contribution in [0.25, 0.3) is 0 Å². The van der Waals surface area contributed by atoms with Crippen molar-refractivity contribution in [2.24, 2.45) is 5.92 Å². The highest BCUT2D eigenvalue weighted by Gasteiger charge is 2.26. The van der Waals surface area contributed by atoms with E-state index in [9.17, 15) is 12.8 Å². The van der Waals surface area contributed by atoms with Crippen LogP contribution in [0, 0.1) is 11.7 Å². The van der Waals surface area contributed by atoms with E-state index in [2.05, 4.69) is 28.8 Å². The largest absolute Gasteiger partial charge is 0.311 e. The predicted octanol–water partition coefficient (Wildman–Crippen LogP) is 3.76. The van der Waals surface area contributed by atoms with Crippen molar-refractivity contribution in [3.8, 4) is 0 Å². The van der Waals surface area contributed by atoms with Gasteiger partial charge in [0.15, 0.2) is 0 Å². The monoisotopic (exact) mass is 433 g/mol. The van der Waals surface area contributed by atoms with Crippen molar-refractivity contribution in [2.75, 3.05) is 24.1 Å². The molecule has 1 unspecified atom stereocenters. The summed E-state index contributed by atoms with van der Waals surface area (Å²) >= 11 is 0. The molecule has 0 aliphatic carbocycles. The molecule has 0 radical (unpaired) electrons. The summed E-state index contributed by atoms with van der Waals surface area (Å²) in [6, 6.07) is 13.0. The summed E-state index contributed by atoms with van der Waals surface area (Å²) in [5, 5.41) is 3.47. The van der Waals surface area contributed by atoms with Gasteiger partial charge < -0.3 is 5.32 Å². The molecule has 0 spiro atoms. The average molecular weight is 434 g/mol. The van der Waals surface area contributed by atoms with Crippen LogP contribution in [0.4, 0.5) is 10.1 Å². The van der Waals surface area contributed by atoms with E-state index in [4.69, 9.17) is 0 Å². The van der Waals surface area contributed by atoms with E-state index in [1.54, 1.807) is 18.2 Å². The maximum atomic E-state index is 13.6. The van der Waals surface area contributed by atoms with Crippen molar-refractivity contribution < 1.29 is 12.8 Å². The van der Waals surface area contributed by atoms with Gasteiger partial charge in [-0.3, -0.25) is 9.62 Å². The molecule has 1 atom stereocenters. The number of hydrogen-bond acceptors (Lipinski definition) is 4. The molecule has 2 aromatic carbocycles. The van der Waals surface area contributed by atoms with Crippen LogP contribution >= 0.6 is 0 Å². The first-order valence-corrected chi connectivity index (χ1v) is 12.4. The summed E-state index contributed by atoms with van der Waals surface area (Å²) in [4.78, 5) is 2.49. The third-order valence-corrected chi connectivity index (χ3v) is 6.00. The summed E-state index contributed by atoms with van der Waals surface area (Å²) in [6.07, 6.45) is 3.14. The van der Waals surface area contributed by atoms with Gasteiger partial charge >= 0.3 is 0 Å². The Labute approximate surface area is 179 Å². The van der Waals surface area contributed by atoms with Gasteiger partial charge in [0.1, 0.15) is 5.82 Å². The van der Waals surface area contributed by atoms with Crippen molar-refractivity contribution in [1.82, 2.24) is 10.2 Å². The van der Waals surface area contributed by atoms with Gasteiger partial charge in [-0.2, -0.15) is 0 Å². The summed E-state index contributed by atoms with van der Waals surface area (Å²) in [5.41, 5.74) is 3.96. The van der Waals surface area contributed by atoms with E-state index in [1.165, 1.54) is 5.56 Å². The quantitative estimate of drug-likeness (QED) is 0.591. The topological polar surface area (TPSA) is 61.4 Å². The SMILES string of the molecule is CC(C)CC1Cc2cc(F)ccc2CN1CCNCc1cccc(NS(C)(=O)=O)c1. The van der Waals surface area contributed by atoms with Gasteiger partial charge in [0, 0.05) is 37.9 Å². The molecule has 1 aliphatic rings. The first-order valence-electron chi connectivity index (χ1n) is 10.5.